The third kappa shape index (κ3) is 4.99. The maximum Gasteiger partial charge on any atom is 0.251 e. The molecule has 2 N–H and O–H groups in total. The van der Waals surface area contributed by atoms with Crippen LogP contribution in [0.3, 0.4) is 0 Å². The molecular formula is C19H24N2O5S. The zero-order valence-corrected chi connectivity index (χ0v) is 16.6. The highest BCUT2D eigenvalue weighted by Gasteiger charge is 2.17. The van der Waals surface area contributed by atoms with E-state index in [1.54, 1.807) is 46.3 Å². The first-order valence-corrected chi connectivity index (χ1v) is 9.90. The van der Waals surface area contributed by atoms with Crippen LogP contribution in [-0.4, -0.2) is 35.1 Å². The first kappa shape index (κ1) is 20.7. The van der Waals surface area contributed by atoms with E-state index >= 15 is 0 Å². The van der Waals surface area contributed by atoms with Crippen LogP contribution in [0.2, 0.25) is 0 Å². The van der Waals surface area contributed by atoms with Crippen LogP contribution in [0.4, 0.5) is 0 Å². The molecule has 27 heavy (non-hydrogen) atoms. The summed E-state index contributed by atoms with van der Waals surface area (Å²) in [5.41, 5.74) is 1.83. The van der Waals surface area contributed by atoms with Crippen LogP contribution < -0.4 is 19.5 Å². The van der Waals surface area contributed by atoms with Gasteiger partial charge in [0.05, 0.1) is 19.1 Å². The molecule has 0 aromatic heterocycles. The van der Waals surface area contributed by atoms with Gasteiger partial charge in [0.1, 0.15) is 0 Å². The highest BCUT2D eigenvalue weighted by molar-refractivity contribution is 7.89. The van der Waals surface area contributed by atoms with Gasteiger partial charge in [0.15, 0.2) is 11.5 Å². The van der Waals surface area contributed by atoms with E-state index < -0.39 is 10.0 Å². The number of benzene rings is 2. The number of methoxy groups -OCH3 is 2. The quantitative estimate of drug-likeness (QED) is 0.719. The first-order chi connectivity index (χ1) is 12.8. The third-order valence-electron chi connectivity index (χ3n) is 4.00. The monoisotopic (exact) mass is 392 g/mol. The maximum atomic E-state index is 12.6. The molecule has 0 saturated heterocycles. The summed E-state index contributed by atoms with van der Waals surface area (Å²) in [4.78, 5) is 12.6. The van der Waals surface area contributed by atoms with Crippen molar-refractivity contribution >= 4 is 15.9 Å². The van der Waals surface area contributed by atoms with E-state index in [0.717, 1.165) is 5.56 Å². The molecule has 2 aromatic rings. The minimum absolute atomic E-state index is 0.0613. The van der Waals surface area contributed by atoms with Crippen LogP contribution in [-0.2, 0) is 16.6 Å². The fourth-order valence-corrected chi connectivity index (χ4v) is 3.62. The summed E-state index contributed by atoms with van der Waals surface area (Å²) in [6.07, 6.45) is 0. The van der Waals surface area contributed by atoms with Gasteiger partial charge in [-0.1, -0.05) is 19.1 Å². The van der Waals surface area contributed by atoms with Crippen molar-refractivity contribution < 1.29 is 22.7 Å². The molecule has 0 bridgehead atoms. The van der Waals surface area contributed by atoms with Gasteiger partial charge >= 0.3 is 0 Å². The molecule has 0 unspecified atom stereocenters. The average Bonchev–Trinajstić information content (AvgIpc) is 2.65. The van der Waals surface area contributed by atoms with Gasteiger partial charge in [0.2, 0.25) is 10.0 Å². The molecule has 0 spiro atoms. The lowest BCUT2D eigenvalue weighted by molar-refractivity contribution is 0.0950. The summed E-state index contributed by atoms with van der Waals surface area (Å²) < 4.78 is 37.2. The van der Waals surface area contributed by atoms with Crippen molar-refractivity contribution in [1.29, 1.82) is 0 Å². The molecule has 1 amide bonds. The molecule has 0 aliphatic heterocycles. The Morgan fingerprint density at radius 2 is 1.74 bits per heavy atom. The second-order valence-corrected chi connectivity index (χ2v) is 7.62. The molecular weight excluding hydrogens is 368 g/mol. The number of carbonyl (C=O) groups is 1. The third-order valence-corrected chi connectivity index (χ3v) is 5.54. The lowest BCUT2D eigenvalue weighted by Gasteiger charge is -2.12. The topological polar surface area (TPSA) is 93.7 Å². The van der Waals surface area contributed by atoms with Crippen LogP contribution in [0, 0.1) is 6.92 Å². The van der Waals surface area contributed by atoms with Crippen molar-refractivity contribution in [3.8, 4) is 11.5 Å². The van der Waals surface area contributed by atoms with Gasteiger partial charge in [0.25, 0.3) is 5.91 Å². The smallest absolute Gasteiger partial charge is 0.251 e. The zero-order chi connectivity index (χ0) is 20.0. The molecule has 2 aromatic carbocycles. The summed E-state index contributed by atoms with van der Waals surface area (Å²) in [6, 6.07) is 9.85. The predicted octanol–water partition coefficient (Wildman–Crippen LogP) is 2.24. The number of ether oxygens (including phenoxy) is 2. The second kappa shape index (κ2) is 8.88. The van der Waals surface area contributed by atoms with Crippen LogP contribution in [0.15, 0.2) is 41.3 Å². The van der Waals surface area contributed by atoms with Crippen molar-refractivity contribution in [3.63, 3.8) is 0 Å². The Kier molecular flexibility index (Phi) is 6.81. The average molecular weight is 392 g/mol. The molecule has 0 fully saturated rings. The SMILES string of the molecule is CCNS(=O)(=O)c1ccc(C)c(C(=O)NCc2ccc(OC)c(OC)c2)c1. The molecule has 0 aliphatic rings. The fourth-order valence-electron chi connectivity index (χ4n) is 2.55. The van der Waals surface area contributed by atoms with E-state index in [2.05, 4.69) is 10.0 Å². The van der Waals surface area contributed by atoms with E-state index in [-0.39, 0.29) is 23.9 Å². The molecule has 7 nitrogen and oxygen atoms in total. The number of amides is 1. The molecule has 0 radical (unpaired) electrons. The predicted molar refractivity (Wildman–Crippen MR) is 103 cm³/mol. The van der Waals surface area contributed by atoms with Gasteiger partial charge < -0.3 is 14.8 Å². The van der Waals surface area contributed by atoms with Gasteiger partial charge in [-0.3, -0.25) is 4.79 Å². The van der Waals surface area contributed by atoms with Gasteiger partial charge in [-0.25, -0.2) is 13.1 Å². The molecule has 0 aliphatic carbocycles. The zero-order valence-electron chi connectivity index (χ0n) is 15.8. The lowest BCUT2D eigenvalue weighted by atomic mass is 10.1. The van der Waals surface area contributed by atoms with E-state index in [9.17, 15) is 13.2 Å². The van der Waals surface area contributed by atoms with E-state index in [0.29, 0.717) is 22.6 Å². The van der Waals surface area contributed by atoms with Gasteiger partial charge in [-0.05, 0) is 42.3 Å². The number of carbonyl (C=O) groups excluding carboxylic acids is 1. The number of hydrogen-bond donors (Lipinski definition) is 2. The molecule has 8 heteroatoms. The minimum Gasteiger partial charge on any atom is -0.493 e. The first-order valence-electron chi connectivity index (χ1n) is 8.41. The van der Waals surface area contributed by atoms with Crippen LogP contribution in [0.1, 0.15) is 28.4 Å². The van der Waals surface area contributed by atoms with Crippen LogP contribution in [0.5, 0.6) is 11.5 Å². The minimum atomic E-state index is -3.63. The molecule has 0 heterocycles. The Labute approximate surface area is 159 Å². The van der Waals surface area contributed by atoms with Crippen LogP contribution >= 0.6 is 0 Å². The van der Waals surface area contributed by atoms with Crippen LogP contribution in [0.25, 0.3) is 0 Å². The molecule has 146 valence electrons. The van der Waals surface area contributed by atoms with E-state index in [1.807, 2.05) is 6.07 Å². The Hall–Kier alpha value is -2.58. The number of rotatable bonds is 8. The number of hydrogen-bond acceptors (Lipinski definition) is 5. The Bertz CT molecular complexity index is 926. The van der Waals surface area contributed by atoms with E-state index in [4.69, 9.17) is 9.47 Å². The van der Waals surface area contributed by atoms with Gasteiger partial charge in [-0.2, -0.15) is 0 Å². The summed E-state index contributed by atoms with van der Waals surface area (Å²) >= 11 is 0. The maximum absolute atomic E-state index is 12.6. The standard InChI is InChI=1S/C19H24N2O5S/c1-5-21-27(23,24)15-8-6-13(2)16(11-15)19(22)20-12-14-7-9-17(25-3)18(10-14)26-4/h6-11,21H,5,12H2,1-4H3,(H,20,22). The summed E-state index contributed by atoms with van der Waals surface area (Å²) in [7, 11) is -0.534. The van der Waals surface area contributed by atoms with E-state index in [1.165, 1.54) is 12.1 Å². The van der Waals surface area contributed by atoms with Crippen molar-refractivity contribution in [2.45, 2.75) is 25.3 Å². The Morgan fingerprint density at radius 1 is 1.04 bits per heavy atom. The second-order valence-electron chi connectivity index (χ2n) is 5.85. The van der Waals surface area contributed by atoms with Crippen molar-refractivity contribution in [2.75, 3.05) is 20.8 Å². The highest BCUT2D eigenvalue weighted by atomic mass is 32.2. The number of aryl methyl sites for hydroxylation is 1. The Morgan fingerprint density at radius 3 is 2.37 bits per heavy atom. The van der Waals surface area contributed by atoms with Crippen molar-refractivity contribution in [1.82, 2.24) is 10.0 Å². The fraction of sp³-hybridized carbons (Fsp3) is 0.316. The summed E-state index contributed by atoms with van der Waals surface area (Å²) in [5, 5.41) is 2.80. The highest BCUT2D eigenvalue weighted by Crippen LogP contribution is 2.27. The van der Waals surface area contributed by atoms with Crippen molar-refractivity contribution in [2.24, 2.45) is 0 Å². The normalized spacial score (nSPS) is 11.1. The lowest BCUT2D eigenvalue weighted by Crippen LogP contribution is -2.26. The summed E-state index contributed by atoms with van der Waals surface area (Å²) in [6.45, 7) is 4.00. The summed E-state index contributed by atoms with van der Waals surface area (Å²) in [5.74, 6) is 0.819. The molecule has 2 rings (SSSR count). The van der Waals surface area contributed by atoms with Gasteiger partial charge in [0, 0.05) is 18.7 Å². The number of sulfonamides is 1. The largest absolute Gasteiger partial charge is 0.493 e. The molecule has 0 saturated carbocycles. The number of nitrogens with one attached hydrogen (secondary N) is 2. The van der Waals surface area contributed by atoms with Crippen molar-refractivity contribution in [3.05, 3.63) is 53.1 Å². The Balaban J connectivity index is 2.19. The van der Waals surface area contributed by atoms with Gasteiger partial charge in [-0.15, -0.1) is 0 Å². The molecule has 0 atom stereocenters.